The molecule has 0 heterocycles. The number of aliphatic hydroxyl groups excluding tert-OH is 1. The number of aliphatic hydroxyl groups is 1. The van der Waals surface area contributed by atoms with Gasteiger partial charge in [-0.3, -0.25) is 14.4 Å². The Morgan fingerprint density at radius 2 is 2.00 bits per heavy atom. The summed E-state index contributed by atoms with van der Waals surface area (Å²) in [6.07, 6.45) is 5.03. The quantitative estimate of drug-likeness (QED) is 0.431. The van der Waals surface area contributed by atoms with Gasteiger partial charge < -0.3 is 9.84 Å². The van der Waals surface area contributed by atoms with Crippen molar-refractivity contribution < 1.29 is 28.6 Å². The molecule has 1 N–H and O–H groups in total. The zero-order valence-electron chi connectivity index (χ0n) is 20.9. The number of carbonyl (C=O) groups is 3. The molecule has 5 nitrogen and oxygen atoms in total. The molecule has 0 aromatic rings. The van der Waals surface area contributed by atoms with Gasteiger partial charge in [-0.1, -0.05) is 32.4 Å². The monoisotopic (exact) mass is 492 g/mol. The Morgan fingerprint density at radius 1 is 1.29 bits per heavy atom. The number of allylic oxidation sites excluding steroid dienone is 4. The Kier molecular flexibility index (Phi) is 6.46. The van der Waals surface area contributed by atoms with Gasteiger partial charge >= 0.3 is 5.97 Å². The third-order valence-corrected chi connectivity index (χ3v) is 10.5. The molecule has 0 saturated heterocycles. The summed E-state index contributed by atoms with van der Waals surface area (Å²) in [5.74, 6) is -0.315. The number of Topliss-reactive ketones (excluding diaryl/α,β-unsaturated/α-hetero) is 1. The number of hydrogen-bond donors (Lipinski definition) is 1. The Bertz CT molecular complexity index is 961. The van der Waals surface area contributed by atoms with E-state index in [1.165, 1.54) is 19.1 Å². The Morgan fingerprint density at radius 3 is 2.65 bits per heavy atom. The molecule has 0 aromatic carbocycles. The van der Waals surface area contributed by atoms with Crippen LogP contribution in [0, 0.1) is 28.6 Å². The van der Waals surface area contributed by atoms with E-state index in [1.807, 2.05) is 20.8 Å². The van der Waals surface area contributed by atoms with Gasteiger partial charge in [0.05, 0.1) is 12.5 Å². The van der Waals surface area contributed by atoms with E-state index in [4.69, 9.17) is 4.74 Å². The van der Waals surface area contributed by atoms with Crippen LogP contribution in [0.2, 0.25) is 0 Å². The van der Waals surface area contributed by atoms with Gasteiger partial charge in [-0.05, 0) is 63.4 Å². The zero-order chi connectivity index (χ0) is 25.1. The molecule has 8 atom stereocenters. The minimum Gasteiger partial charge on any atom is -0.450 e. The molecule has 0 bridgehead atoms. The van der Waals surface area contributed by atoms with E-state index >= 15 is 4.39 Å². The molecule has 4 aliphatic carbocycles. The van der Waals surface area contributed by atoms with Crippen LogP contribution >= 0.6 is 11.8 Å². The molecular weight excluding hydrogens is 455 g/mol. The number of thioether (sulfide) groups is 1. The SMILES string of the molecule is CCSCCC(=O)O[C@]1(C(C)=O)[C@H](C)C[C@H]2[C@@H]3CCC4=CC(=O)C=C[C@]4(C)[C@@]3(F)[C@@H](O)C[C@@]21C. The predicted molar refractivity (Wildman–Crippen MR) is 130 cm³/mol. The van der Waals surface area contributed by atoms with Crippen LogP contribution in [0.3, 0.4) is 0 Å². The third-order valence-electron chi connectivity index (χ3n) is 9.63. The maximum atomic E-state index is 17.3. The normalized spacial score (nSPS) is 45.1. The summed E-state index contributed by atoms with van der Waals surface area (Å²) in [5.41, 5.74) is -4.58. The minimum absolute atomic E-state index is 0.0240. The predicted octanol–water partition coefficient (Wildman–Crippen LogP) is 4.62. The maximum Gasteiger partial charge on any atom is 0.307 e. The fourth-order valence-electron chi connectivity index (χ4n) is 8.10. The standard InChI is InChI=1S/C27H37FO5S/c1-6-34-12-10-23(32)33-27(17(3)29)16(2)13-21-20-8-7-18-14-19(30)9-11-24(18,4)26(20,28)22(31)15-25(21,27)5/h9,11,14,16,20-22,31H,6-8,10,12-13,15H2,1-5H3/t16-,20+,21+,22+,24+,25+,26+,27+/m1/s1. The van der Waals surface area contributed by atoms with E-state index in [0.29, 0.717) is 25.0 Å². The molecule has 0 spiro atoms. The molecule has 0 unspecified atom stereocenters. The number of esters is 1. The van der Waals surface area contributed by atoms with Gasteiger partial charge in [0, 0.05) is 28.4 Å². The van der Waals surface area contributed by atoms with Crippen molar-refractivity contribution in [3.05, 3.63) is 23.8 Å². The van der Waals surface area contributed by atoms with Crippen molar-refractivity contribution in [1.82, 2.24) is 0 Å². The smallest absolute Gasteiger partial charge is 0.307 e. The lowest BCUT2D eigenvalue weighted by Gasteiger charge is -2.62. The van der Waals surface area contributed by atoms with Crippen LogP contribution in [0.4, 0.5) is 4.39 Å². The lowest BCUT2D eigenvalue weighted by molar-refractivity contribution is -0.227. The van der Waals surface area contributed by atoms with E-state index in [9.17, 15) is 19.5 Å². The zero-order valence-corrected chi connectivity index (χ0v) is 21.7. The van der Waals surface area contributed by atoms with E-state index in [2.05, 4.69) is 0 Å². The third kappa shape index (κ3) is 3.25. The number of ether oxygens (including phenoxy) is 1. The first-order valence-corrected chi connectivity index (χ1v) is 13.7. The molecule has 4 rings (SSSR count). The van der Waals surface area contributed by atoms with Gasteiger partial charge in [0.1, 0.15) is 0 Å². The molecule has 0 aliphatic heterocycles. The summed E-state index contributed by atoms with van der Waals surface area (Å²) in [6, 6.07) is 0. The lowest BCUT2D eigenvalue weighted by atomic mass is 9.44. The fraction of sp³-hybridized carbons (Fsp3) is 0.741. The van der Waals surface area contributed by atoms with E-state index < -0.39 is 40.1 Å². The highest BCUT2D eigenvalue weighted by Gasteiger charge is 2.76. The fourth-order valence-corrected chi connectivity index (χ4v) is 8.70. The average molecular weight is 493 g/mol. The van der Waals surface area contributed by atoms with Crippen molar-refractivity contribution in [2.24, 2.45) is 28.6 Å². The van der Waals surface area contributed by atoms with Crippen molar-refractivity contribution in [1.29, 1.82) is 0 Å². The van der Waals surface area contributed by atoms with Gasteiger partial charge in [-0.25, -0.2) is 4.39 Å². The number of halogens is 1. The summed E-state index contributed by atoms with van der Waals surface area (Å²) in [5, 5.41) is 11.5. The average Bonchev–Trinajstić information content (AvgIpc) is 2.97. The first kappa shape index (κ1) is 25.6. The summed E-state index contributed by atoms with van der Waals surface area (Å²) in [4.78, 5) is 38.1. The lowest BCUT2D eigenvalue weighted by Crippen LogP contribution is -2.69. The molecule has 34 heavy (non-hydrogen) atoms. The van der Waals surface area contributed by atoms with E-state index in [0.717, 1.165) is 11.3 Å². The van der Waals surface area contributed by atoms with Crippen molar-refractivity contribution in [3.8, 4) is 0 Å². The topological polar surface area (TPSA) is 80.7 Å². The second-order valence-electron chi connectivity index (χ2n) is 11.1. The molecule has 0 amide bonds. The molecule has 0 aromatic heterocycles. The number of rotatable bonds is 6. The largest absolute Gasteiger partial charge is 0.450 e. The molecule has 3 fully saturated rings. The Hall–Kier alpha value is -1.47. The molecule has 0 radical (unpaired) electrons. The molecular formula is C27H37FO5S. The highest BCUT2D eigenvalue weighted by atomic mass is 32.2. The first-order valence-electron chi connectivity index (χ1n) is 12.5. The van der Waals surface area contributed by atoms with Gasteiger partial charge in [-0.15, -0.1) is 0 Å². The van der Waals surface area contributed by atoms with Crippen LogP contribution < -0.4 is 0 Å². The summed E-state index contributed by atoms with van der Waals surface area (Å²) >= 11 is 1.64. The van der Waals surface area contributed by atoms with Crippen LogP contribution in [-0.4, -0.2) is 51.5 Å². The maximum absolute atomic E-state index is 17.3. The van der Waals surface area contributed by atoms with Crippen LogP contribution in [-0.2, 0) is 19.1 Å². The Balaban J connectivity index is 1.74. The van der Waals surface area contributed by atoms with Crippen molar-refractivity contribution >= 4 is 29.3 Å². The van der Waals surface area contributed by atoms with Crippen molar-refractivity contribution in [3.63, 3.8) is 0 Å². The Labute approximate surface area is 206 Å². The van der Waals surface area contributed by atoms with E-state index in [1.54, 1.807) is 24.8 Å². The summed E-state index contributed by atoms with van der Waals surface area (Å²) in [7, 11) is 0. The number of fused-ring (bicyclic) bond motifs is 5. The number of hydrogen-bond acceptors (Lipinski definition) is 6. The van der Waals surface area contributed by atoms with Crippen LogP contribution in [0.25, 0.3) is 0 Å². The van der Waals surface area contributed by atoms with Crippen molar-refractivity contribution in [2.75, 3.05) is 11.5 Å². The molecule has 7 heteroatoms. The molecule has 188 valence electrons. The number of alkyl halides is 1. The van der Waals surface area contributed by atoms with Gasteiger partial charge in [0.25, 0.3) is 0 Å². The summed E-state index contributed by atoms with van der Waals surface area (Å²) in [6.45, 7) is 9.09. The van der Waals surface area contributed by atoms with Crippen LogP contribution in [0.1, 0.15) is 66.7 Å². The van der Waals surface area contributed by atoms with E-state index in [-0.39, 0.29) is 36.2 Å². The molecule has 4 aliphatic rings. The van der Waals surface area contributed by atoms with Crippen LogP contribution in [0.15, 0.2) is 23.8 Å². The highest BCUT2D eigenvalue weighted by molar-refractivity contribution is 7.99. The van der Waals surface area contributed by atoms with Crippen molar-refractivity contribution in [2.45, 2.75) is 84.1 Å². The first-order chi connectivity index (χ1) is 15.9. The number of ketones is 2. The van der Waals surface area contributed by atoms with Gasteiger partial charge in [0.2, 0.25) is 0 Å². The highest BCUT2D eigenvalue weighted by Crippen LogP contribution is 2.71. The van der Waals surface area contributed by atoms with Gasteiger partial charge in [-0.2, -0.15) is 11.8 Å². The second-order valence-corrected chi connectivity index (χ2v) is 12.5. The molecule has 3 saturated carbocycles. The van der Waals surface area contributed by atoms with Gasteiger partial charge in [0.15, 0.2) is 22.8 Å². The number of carbonyl (C=O) groups excluding carboxylic acids is 3. The minimum atomic E-state index is -1.97. The van der Waals surface area contributed by atoms with Crippen LogP contribution in [0.5, 0.6) is 0 Å². The summed E-state index contributed by atoms with van der Waals surface area (Å²) < 4.78 is 23.4. The second kappa shape index (κ2) is 8.58.